The molecule has 0 radical (unpaired) electrons. The van der Waals surface area contributed by atoms with Gasteiger partial charge in [0.15, 0.2) is 5.78 Å². The summed E-state index contributed by atoms with van der Waals surface area (Å²) in [6.45, 7) is 16.4. The molecule has 200 valence electrons. The summed E-state index contributed by atoms with van der Waals surface area (Å²) in [7, 11) is 1.56. The average Bonchev–Trinajstić information content (AvgIpc) is 2.81. The first-order chi connectivity index (χ1) is 16.6. The smallest absolute Gasteiger partial charge is 0.312 e. The van der Waals surface area contributed by atoms with E-state index >= 15 is 0 Å². The zero-order valence-electron chi connectivity index (χ0n) is 23.9. The number of hydrogen-bond acceptors (Lipinski definition) is 4. The first kappa shape index (κ1) is 26.0. The van der Waals surface area contributed by atoms with E-state index in [1.54, 1.807) is 7.11 Å². The number of aliphatic hydroxyl groups excluding tert-OH is 1. The van der Waals surface area contributed by atoms with Gasteiger partial charge in [0.2, 0.25) is 0 Å². The fraction of sp³-hybridized carbons (Fsp3) is 0.812. The maximum atomic E-state index is 13.4. The SMILES string of the molecule is COC(=O)[C@]12CCC(C)(C)C[C@H]1C1=CCC3[C@@]4(C)C/C(=C/O)C(=O)C(C)(C)C4CC[C@@]3(C)[C@]1(C)CC2. The van der Waals surface area contributed by atoms with Crippen LogP contribution >= 0.6 is 0 Å². The van der Waals surface area contributed by atoms with Crippen molar-refractivity contribution >= 4 is 11.8 Å². The van der Waals surface area contributed by atoms with Crippen molar-refractivity contribution in [1.29, 1.82) is 0 Å². The molecule has 5 aliphatic carbocycles. The molecule has 4 nitrogen and oxygen atoms in total. The lowest BCUT2D eigenvalue weighted by molar-refractivity contribution is -0.185. The molecule has 0 aromatic heterocycles. The number of allylic oxidation sites excluding steroid dienone is 3. The third kappa shape index (κ3) is 3.05. The van der Waals surface area contributed by atoms with E-state index in [0.717, 1.165) is 57.6 Å². The van der Waals surface area contributed by atoms with Crippen LogP contribution in [0.1, 0.15) is 106 Å². The molecule has 0 heterocycles. The quantitative estimate of drug-likeness (QED) is 0.176. The van der Waals surface area contributed by atoms with Gasteiger partial charge in [-0.2, -0.15) is 0 Å². The van der Waals surface area contributed by atoms with Crippen molar-refractivity contribution in [3.63, 3.8) is 0 Å². The van der Waals surface area contributed by atoms with Crippen molar-refractivity contribution in [2.75, 3.05) is 7.11 Å². The van der Waals surface area contributed by atoms with Gasteiger partial charge >= 0.3 is 5.97 Å². The Morgan fingerprint density at radius 1 is 1.00 bits per heavy atom. The van der Waals surface area contributed by atoms with E-state index in [0.29, 0.717) is 23.8 Å². The van der Waals surface area contributed by atoms with Gasteiger partial charge in [-0.25, -0.2) is 0 Å². The summed E-state index contributed by atoms with van der Waals surface area (Å²) < 4.78 is 5.48. The van der Waals surface area contributed by atoms with Crippen molar-refractivity contribution in [1.82, 2.24) is 0 Å². The van der Waals surface area contributed by atoms with Crippen LogP contribution < -0.4 is 0 Å². The Morgan fingerprint density at radius 3 is 2.31 bits per heavy atom. The molecule has 4 saturated carbocycles. The van der Waals surface area contributed by atoms with Crippen molar-refractivity contribution in [2.24, 2.45) is 50.2 Å². The summed E-state index contributed by atoms with van der Waals surface area (Å²) in [5.41, 5.74) is 1.56. The van der Waals surface area contributed by atoms with Gasteiger partial charge < -0.3 is 9.84 Å². The highest BCUT2D eigenvalue weighted by molar-refractivity contribution is 6.00. The van der Waals surface area contributed by atoms with Crippen LogP contribution in [0.5, 0.6) is 0 Å². The number of carbonyl (C=O) groups excluding carboxylic acids is 2. The predicted octanol–water partition coefficient (Wildman–Crippen LogP) is 7.58. The second-order valence-corrected chi connectivity index (χ2v) is 15.2. The number of ketones is 1. The zero-order valence-corrected chi connectivity index (χ0v) is 23.9. The van der Waals surface area contributed by atoms with Gasteiger partial charge in [-0.15, -0.1) is 0 Å². The zero-order chi connectivity index (χ0) is 26.5. The fourth-order valence-corrected chi connectivity index (χ4v) is 10.8. The number of methoxy groups -OCH3 is 1. The van der Waals surface area contributed by atoms with E-state index in [1.807, 2.05) is 0 Å². The van der Waals surface area contributed by atoms with E-state index in [4.69, 9.17) is 4.74 Å². The molecule has 0 saturated heterocycles. The fourth-order valence-electron chi connectivity index (χ4n) is 10.8. The molecule has 2 unspecified atom stereocenters. The molecule has 0 bridgehead atoms. The second kappa shape index (κ2) is 7.73. The van der Waals surface area contributed by atoms with Gasteiger partial charge in [-0.1, -0.05) is 60.1 Å². The molecule has 5 aliphatic rings. The van der Waals surface area contributed by atoms with E-state index in [2.05, 4.69) is 54.5 Å². The molecule has 0 amide bonds. The summed E-state index contributed by atoms with van der Waals surface area (Å²) in [5, 5.41) is 10.0. The molecular formula is C32H48O4. The third-order valence-electron chi connectivity index (χ3n) is 13.0. The van der Waals surface area contributed by atoms with Crippen molar-refractivity contribution in [3.05, 3.63) is 23.5 Å². The van der Waals surface area contributed by atoms with Crippen LogP contribution in [0.15, 0.2) is 23.5 Å². The topological polar surface area (TPSA) is 63.6 Å². The van der Waals surface area contributed by atoms with Crippen LogP contribution in [-0.4, -0.2) is 24.0 Å². The van der Waals surface area contributed by atoms with Crippen LogP contribution in [0, 0.1) is 50.2 Å². The van der Waals surface area contributed by atoms with Gasteiger partial charge in [0.25, 0.3) is 0 Å². The molecule has 7 atom stereocenters. The number of esters is 1. The van der Waals surface area contributed by atoms with E-state index in [-0.39, 0.29) is 44.7 Å². The number of Topliss-reactive ketones (excluding diaryl/α,β-unsaturated/α-hetero) is 1. The summed E-state index contributed by atoms with van der Waals surface area (Å²) in [6.07, 6.45) is 12.4. The van der Waals surface area contributed by atoms with E-state index < -0.39 is 5.41 Å². The predicted molar refractivity (Wildman–Crippen MR) is 142 cm³/mol. The Kier molecular flexibility index (Phi) is 5.59. The summed E-state index contributed by atoms with van der Waals surface area (Å²) >= 11 is 0. The van der Waals surface area contributed by atoms with Crippen LogP contribution in [-0.2, 0) is 14.3 Å². The number of hydrogen-bond donors (Lipinski definition) is 1. The molecule has 1 N–H and O–H groups in total. The van der Waals surface area contributed by atoms with Crippen LogP contribution in [0.3, 0.4) is 0 Å². The van der Waals surface area contributed by atoms with Gasteiger partial charge in [0, 0.05) is 11.0 Å². The highest BCUT2D eigenvalue weighted by Gasteiger charge is 2.69. The monoisotopic (exact) mass is 496 g/mol. The first-order valence-corrected chi connectivity index (χ1v) is 14.3. The normalized spacial score (nSPS) is 48.1. The highest BCUT2D eigenvalue weighted by Crippen LogP contribution is 2.75. The summed E-state index contributed by atoms with van der Waals surface area (Å²) in [4.78, 5) is 26.6. The minimum Gasteiger partial charge on any atom is -0.515 e. The number of ether oxygens (including phenoxy) is 1. The van der Waals surface area contributed by atoms with Crippen LogP contribution in [0.25, 0.3) is 0 Å². The maximum Gasteiger partial charge on any atom is 0.312 e. The van der Waals surface area contributed by atoms with Crippen LogP contribution in [0.4, 0.5) is 0 Å². The summed E-state index contributed by atoms with van der Waals surface area (Å²) in [6, 6.07) is 0. The molecule has 0 aromatic rings. The Bertz CT molecular complexity index is 1050. The van der Waals surface area contributed by atoms with Gasteiger partial charge in [-0.05, 0) is 97.2 Å². The molecule has 0 aliphatic heterocycles. The standard InChI is InChI=1S/C32H48O4/c1-27(2)13-15-32(26(35)36-8)16-14-30(6)21(22(32)18-27)9-10-24-29(5)17-20(19-33)25(34)28(3,4)23(29)11-12-31(24,30)7/h9,19,22-24,33H,10-18H2,1-8H3/b20-19-/t22-,23?,24?,29-,30+,31+,32-/m0/s1. The lowest BCUT2D eigenvalue weighted by Crippen LogP contribution is -2.65. The minimum atomic E-state index is -0.464. The lowest BCUT2D eigenvalue weighted by atomic mass is 9.33. The van der Waals surface area contributed by atoms with E-state index in [1.165, 1.54) is 5.57 Å². The highest BCUT2D eigenvalue weighted by atomic mass is 16.5. The third-order valence-corrected chi connectivity index (χ3v) is 13.0. The Labute approximate surface area is 218 Å². The molecular weight excluding hydrogens is 448 g/mol. The molecule has 0 spiro atoms. The summed E-state index contributed by atoms with van der Waals surface area (Å²) in [5.74, 6) is 1.11. The van der Waals surface area contributed by atoms with Crippen molar-refractivity contribution in [2.45, 2.75) is 106 Å². The van der Waals surface area contributed by atoms with Crippen LogP contribution in [0.2, 0.25) is 0 Å². The van der Waals surface area contributed by atoms with Gasteiger partial charge in [0.05, 0.1) is 18.8 Å². The number of aliphatic hydroxyl groups is 1. The Balaban J connectivity index is 1.62. The number of fused-ring (bicyclic) bond motifs is 7. The maximum absolute atomic E-state index is 13.4. The van der Waals surface area contributed by atoms with E-state index in [9.17, 15) is 14.7 Å². The number of rotatable bonds is 1. The second-order valence-electron chi connectivity index (χ2n) is 15.2. The lowest BCUT2D eigenvalue weighted by Gasteiger charge is -2.70. The minimum absolute atomic E-state index is 0.000774. The Hall–Kier alpha value is -1.58. The van der Waals surface area contributed by atoms with Gasteiger partial charge in [-0.3, -0.25) is 9.59 Å². The van der Waals surface area contributed by atoms with Gasteiger partial charge in [0.1, 0.15) is 0 Å². The average molecular weight is 497 g/mol. The number of carbonyl (C=O) groups is 2. The molecule has 0 aromatic carbocycles. The Morgan fingerprint density at radius 2 is 1.67 bits per heavy atom. The molecule has 5 rings (SSSR count). The largest absolute Gasteiger partial charge is 0.515 e. The molecule has 4 heteroatoms. The molecule has 4 fully saturated rings. The van der Waals surface area contributed by atoms with Crippen molar-refractivity contribution in [3.8, 4) is 0 Å². The van der Waals surface area contributed by atoms with Crippen molar-refractivity contribution < 1.29 is 19.4 Å². The molecule has 36 heavy (non-hydrogen) atoms. The first-order valence-electron chi connectivity index (χ1n) is 14.3.